The lowest BCUT2D eigenvalue weighted by molar-refractivity contribution is 0.122. The van der Waals surface area contributed by atoms with Gasteiger partial charge in [0.15, 0.2) is 5.11 Å². The lowest BCUT2D eigenvalue weighted by Gasteiger charge is -2.29. The van der Waals surface area contributed by atoms with Gasteiger partial charge in [-0.15, -0.1) is 0 Å². The minimum absolute atomic E-state index is 0.496. The molecule has 0 bridgehead atoms. The van der Waals surface area contributed by atoms with Crippen LogP contribution in [0.3, 0.4) is 0 Å². The van der Waals surface area contributed by atoms with Gasteiger partial charge < -0.3 is 25.2 Å². The van der Waals surface area contributed by atoms with Crippen LogP contribution in [0.4, 0.5) is 17.6 Å². The Hall–Kier alpha value is -2.52. The molecule has 148 valence electrons. The van der Waals surface area contributed by atoms with Crippen LogP contribution in [0.5, 0.6) is 0 Å². The van der Waals surface area contributed by atoms with Crippen molar-refractivity contribution in [1.82, 2.24) is 20.3 Å². The SMILES string of the molecule is S=C(NCc1cccnc1)Nc1nc(N2CCCC2)cc(N2CCOCC2)n1. The Morgan fingerprint density at radius 3 is 2.46 bits per heavy atom. The minimum atomic E-state index is 0.496. The monoisotopic (exact) mass is 399 g/mol. The van der Waals surface area contributed by atoms with Crippen LogP contribution in [0.25, 0.3) is 0 Å². The summed E-state index contributed by atoms with van der Waals surface area (Å²) in [6, 6.07) is 5.99. The number of hydrogen-bond acceptors (Lipinski definition) is 7. The number of nitrogens with zero attached hydrogens (tertiary/aromatic N) is 5. The molecule has 4 rings (SSSR count). The number of thiocarbonyl (C=S) groups is 1. The second-order valence-electron chi connectivity index (χ2n) is 6.87. The maximum Gasteiger partial charge on any atom is 0.232 e. The zero-order chi connectivity index (χ0) is 19.2. The van der Waals surface area contributed by atoms with Crippen molar-refractivity contribution < 1.29 is 4.74 Å². The van der Waals surface area contributed by atoms with Gasteiger partial charge in [-0.05, 0) is 36.7 Å². The van der Waals surface area contributed by atoms with E-state index in [1.807, 2.05) is 18.3 Å². The molecule has 0 spiro atoms. The normalized spacial score (nSPS) is 16.9. The van der Waals surface area contributed by atoms with Crippen LogP contribution in [-0.4, -0.2) is 59.5 Å². The molecule has 2 saturated heterocycles. The summed E-state index contributed by atoms with van der Waals surface area (Å²) in [4.78, 5) is 18.1. The minimum Gasteiger partial charge on any atom is -0.378 e. The van der Waals surface area contributed by atoms with Gasteiger partial charge in [-0.1, -0.05) is 6.07 Å². The number of morpholine rings is 1. The van der Waals surface area contributed by atoms with Crippen LogP contribution in [0.15, 0.2) is 30.6 Å². The van der Waals surface area contributed by atoms with Crippen molar-refractivity contribution >= 4 is 34.9 Å². The van der Waals surface area contributed by atoms with E-state index in [0.717, 1.165) is 56.6 Å². The van der Waals surface area contributed by atoms with Crippen LogP contribution in [0.2, 0.25) is 0 Å². The topological polar surface area (TPSA) is 78.4 Å². The first-order chi connectivity index (χ1) is 13.8. The van der Waals surface area contributed by atoms with E-state index in [1.54, 1.807) is 6.20 Å². The zero-order valence-electron chi connectivity index (χ0n) is 15.8. The first-order valence-corrected chi connectivity index (χ1v) is 10.1. The number of hydrogen-bond donors (Lipinski definition) is 2. The molecule has 8 nitrogen and oxygen atoms in total. The summed E-state index contributed by atoms with van der Waals surface area (Å²) in [7, 11) is 0. The zero-order valence-corrected chi connectivity index (χ0v) is 16.6. The smallest absolute Gasteiger partial charge is 0.232 e. The van der Waals surface area contributed by atoms with E-state index in [9.17, 15) is 0 Å². The van der Waals surface area contributed by atoms with Gasteiger partial charge in [0.05, 0.1) is 13.2 Å². The molecule has 0 unspecified atom stereocenters. The van der Waals surface area contributed by atoms with Crippen molar-refractivity contribution in [1.29, 1.82) is 0 Å². The van der Waals surface area contributed by atoms with Gasteiger partial charge in [0.25, 0.3) is 0 Å². The molecule has 2 aliphatic heterocycles. The molecule has 2 aliphatic rings. The maximum atomic E-state index is 5.47. The van der Waals surface area contributed by atoms with Crippen molar-refractivity contribution in [2.24, 2.45) is 0 Å². The van der Waals surface area contributed by atoms with Gasteiger partial charge in [0.1, 0.15) is 11.6 Å². The summed E-state index contributed by atoms with van der Waals surface area (Å²) in [5.41, 5.74) is 1.06. The van der Waals surface area contributed by atoms with E-state index in [2.05, 4.69) is 31.5 Å². The van der Waals surface area contributed by atoms with Gasteiger partial charge in [0.2, 0.25) is 5.95 Å². The fraction of sp³-hybridized carbons (Fsp3) is 0.474. The Labute approximate surface area is 170 Å². The molecule has 0 aliphatic carbocycles. The van der Waals surface area contributed by atoms with Gasteiger partial charge in [0, 0.05) is 51.2 Å². The molecule has 4 heterocycles. The van der Waals surface area contributed by atoms with Gasteiger partial charge in [-0.3, -0.25) is 4.98 Å². The lowest BCUT2D eigenvalue weighted by atomic mass is 10.3. The molecule has 2 fully saturated rings. The molecule has 28 heavy (non-hydrogen) atoms. The Morgan fingerprint density at radius 1 is 1.07 bits per heavy atom. The number of aromatic nitrogens is 3. The maximum absolute atomic E-state index is 5.47. The van der Waals surface area contributed by atoms with Crippen molar-refractivity contribution in [2.75, 3.05) is 54.5 Å². The van der Waals surface area contributed by atoms with E-state index >= 15 is 0 Å². The van der Waals surface area contributed by atoms with Crippen molar-refractivity contribution in [3.63, 3.8) is 0 Å². The van der Waals surface area contributed by atoms with Gasteiger partial charge >= 0.3 is 0 Å². The molecule has 9 heteroatoms. The summed E-state index contributed by atoms with van der Waals surface area (Å²) < 4.78 is 5.47. The molecule has 2 aromatic rings. The Bertz CT molecular complexity index is 792. The first-order valence-electron chi connectivity index (χ1n) is 9.68. The third kappa shape index (κ3) is 4.85. The molecule has 0 amide bonds. The molecular formula is C19H25N7OS. The predicted octanol–water partition coefficient (Wildman–Crippen LogP) is 1.79. The van der Waals surface area contributed by atoms with Crippen LogP contribution in [0, 0.1) is 0 Å². The van der Waals surface area contributed by atoms with Crippen LogP contribution < -0.4 is 20.4 Å². The second kappa shape index (κ2) is 9.11. The highest BCUT2D eigenvalue weighted by atomic mass is 32.1. The highest BCUT2D eigenvalue weighted by Gasteiger charge is 2.20. The second-order valence-corrected chi connectivity index (χ2v) is 7.28. The highest BCUT2D eigenvalue weighted by Crippen LogP contribution is 2.24. The van der Waals surface area contributed by atoms with E-state index in [4.69, 9.17) is 26.9 Å². The lowest BCUT2D eigenvalue weighted by Crippen LogP contribution is -2.37. The van der Waals surface area contributed by atoms with E-state index in [1.165, 1.54) is 12.8 Å². The number of ether oxygens (including phenoxy) is 1. The van der Waals surface area contributed by atoms with E-state index < -0.39 is 0 Å². The van der Waals surface area contributed by atoms with Crippen LogP contribution in [0.1, 0.15) is 18.4 Å². The quantitative estimate of drug-likeness (QED) is 0.732. The summed E-state index contributed by atoms with van der Waals surface area (Å²) >= 11 is 5.44. The van der Waals surface area contributed by atoms with Crippen molar-refractivity contribution in [2.45, 2.75) is 19.4 Å². The number of pyridine rings is 1. The van der Waals surface area contributed by atoms with Crippen molar-refractivity contribution in [3.05, 3.63) is 36.2 Å². The molecule has 2 N–H and O–H groups in total. The highest BCUT2D eigenvalue weighted by molar-refractivity contribution is 7.80. The first kappa shape index (κ1) is 18.8. The summed E-state index contributed by atoms with van der Waals surface area (Å²) in [5, 5.41) is 6.83. The Kier molecular flexibility index (Phi) is 6.13. The molecule has 0 radical (unpaired) electrons. The third-order valence-corrected chi connectivity index (χ3v) is 5.11. The standard InChI is InChI=1S/C19H25N7OS/c28-19(21-14-15-4-3-5-20-13-15)24-18-22-16(25-6-1-2-7-25)12-17(23-18)26-8-10-27-11-9-26/h3-5,12-13H,1-2,6-11,14H2,(H2,21,22,23,24,28). The fourth-order valence-electron chi connectivity index (χ4n) is 3.37. The van der Waals surface area contributed by atoms with Crippen LogP contribution >= 0.6 is 12.2 Å². The van der Waals surface area contributed by atoms with Crippen molar-refractivity contribution in [3.8, 4) is 0 Å². The third-order valence-electron chi connectivity index (χ3n) is 4.87. The average molecular weight is 400 g/mol. The molecular weight excluding hydrogens is 374 g/mol. The molecule has 0 aromatic carbocycles. The Balaban J connectivity index is 1.47. The molecule has 2 aromatic heterocycles. The Morgan fingerprint density at radius 2 is 1.79 bits per heavy atom. The van der Waals surface area contributed by atoms with Crippen LogP contribution in [-0.2, 0) is 11.3 Å². The summed E-state index contributed by atoms with van der Waals surface area (Å²) in [6.07, 6.45) is 5.97. The fourth-order valence-corrected chi connectivity index (χ4v) is 3.53. The van der Waals surface area contributed by atoms with Gasteiger partial charge in [-0.2, -0.15) is 9.97 Å². The summed E-state index contributed by atoms with van der Waals surface area (Å²) in [6.45, 7) is 5.76. The predicted molar refractivity (Wildman–Crippen MR) is 114 cm³/mol. The van der Waals surface area contributed by atoms with E-state index in [-0.39, 0.29) is 0 Å². The summed E-state index contributed by atoms with van der Waals surface area (Å²) in [5.74, 6) is 2.39. The molecule has 0 atom stereocenters. The largest absolute Gasteiger partial charge is 0.378 e. The number of nitrogens with one attached hydrogen (secondary N) is 2. The number of anilines is 3. The average Bonchev–Trinajstić information content (AvgIpc) is 3.28. The number of rotatable bonds is 5. The van der Waals surface area contributed by atoms with Gasteiger partial charge in [-0.25, -0.2) is 0 Å². The molecule has 0 saturated carbocycles. The van der Waals surface area contributed by atoms with E-state index in [0.29, 0.717) is 17.6 Å².